The maximum absolute atomic E-state index is 5.11. The van der Waals surface area contributed by atoms with Gasteiger partial charge in [-0.25, -0.2) is 0 Å². The molecular formula is C11H9BrMgO. The van der Waals surface area contributed by atoms with E-state index in [4.69, 9.17) is 4.74 Å². The van der Waals surface area contributed by atoms with Crippen molar-refractivity contribution < 1.29 is 21.7 Å². The predicted octanol–water partition coefficient (Wildman–Crippen LogP) is -0.728. The third kappa shape index (κ3) is 2.87. The Morgan fingerprint density at radius 1 is 1.14 bits per heavy atom. The van der Waals surface area contributed by atoms with Crippen LogP contribution in [0.25, 0.3) is 10.8 Å². The van der Waals surface area contributed by atoms with Gasteiger partial charge < -0.3 is 21.7 Å². The minimum atomic E-state index is 0. The van der Waals surface area contributed by atoms with Gasteiger partial charge in [0.2, 0.25) is 0 Å². The first-order valence-electron chi connectivity index (χ1n) is 3.84. The number of benzene rings is 2. The molecule has 0 spiro atoms. The van der Waals surface area contributed by atoms with Crippen LogP contribution in [0.1, 0.15) is 0 Å². The van der Waals surface area contributed by atoms with E-state index >= 15 is 0 Å². The summed E-state index contributed by atoms with van der Waals surface area (Å²) < 4.78 is 5.11. The first kappa shape index (κ1) is 13.7. The molecule has 2 aromatic carbocycles. The minimum Gasteiger partial charge on any atom is -1.00 e. The third-order valence-corrected chi connectivity index (χ3v) is 1.89. The quantitative estimate of drug-likeness (QED) is 0.486. The van der Waals surface area contributed by atoms with Crippen LogP contribution in [0.15, 0.2) is 36.4 Å². The van der Waals surface area contributed by atoms with Gasteiger partial charge in [-0.3, -0.25) is 0 Å². The standard InChI is InChI=1S/C11H9O.BrH.Mg/c1-12-11-7-6-9-4-2-3-5-10(9)8-11;;/h3-8H,1H3;1H;/q-1;;+2/p-1. The summed E-state index contributed by atoms with van der Waals surface area (Å²) in [6.45, 7) is 0. The van der Waals surface area contributed by atoms with Gasteiger partial charge in [-0.1, -0.05) is 0 Å². The fourth-order valence-electron chi connectivity index (χ4n) is 1.23. The molecule has 0 aliphatic heterocycles. The summed E-state index contributed by atoms with van der Waals surface area (Å²) in [6, 6.07) is 14.9. The molecular weight excluding hydrogens is 252 g/mol. The van der Waals surface area contributed by atoms with Crippen molar-refractivity contribution in [2.24, 2.45) is 0 Å². The number of ether oxygens (including phenoxy) is 1. The first-order chi connectivity index (χ1) is 5.90. The van der Waals surface area contributed by atoms with Crippen LogP contribution in [0.4, 0.5) is 0 Å². The Morgan fingerprint density at radius 3 is 2.64 bits per heavy atom. The Hall–Kier alpha value is -0.254. The zero-order chi connectivity index (χ0) is 8.39. The van der Waals surface area contributed by atoms with E-state index < -0.39 is 0 Å². The zero-order valence-corrected chi connectivity index (χ0v) is 11.0. The van der Waals surface area contributed by atoms with Crippen LogP contribution in [0.5, 0.6) is 5.75 Å². The molecule has 2 aromatic rings. The Morgan fingerprint density at radius 2 is 1.93 bits per heavy atom. The van der Waals surface area contributed by atoms with Gasteiger partial charge in [0.05, 0.1) is 7.11 Å². The fraction of sp³-hybridized carbons (Fsp3) is 0.0909. The van der Waals surface area contributed by atoms with Crippen molar-refractivity contribution in [3.63, 3.8) is 0 Å². The molecule has 0 saturated carbocycles. The number of hydrogen-bond acceptors (Lipinski definition) is 1. The van der Waals surface area contributed by atoms with Crippen LogP contribution in [0.2, 0.25) is 0 Å². The van der Waals surface area contributed by atoms with Crippen molar-refractivity contribution in [2.45, 2.75) is 0 Å². The molecule has 0 N–H and O–H groups in total. The maximum atomic E-state index is 5.11. The summed E-state index contributed by atoms with van der Waals surface area (Å²) in [5.41, 5.74) is 0. The van der Waals surface area contributed by atoms with Crippen LogP contribution in [-0.4, -0.2) is 30.2 Å². The monoisotopic (exact) mass is 260 g/mol. The molecule has 0 unspecified atom stereocenters. The molecule has 0 aliphatic carbocycles. The fourth-order valence-corrected chi connectivity index (χ4v) is 1.23. The largest absolute Gasteiger partial charge is 2.00 e. The van der Waals surface area contributed by atoms with Gasteiger partial charge in [-0.05, 0) is 12.1 Å². The molecule has 0 fully saturated rings. The van der Waals surface area contributed by atoms with E-state index in [1.165, 1.54) is 10.8 Å². The molecule has 0 heterocycles. The summed E-state index contributed by atoms with van der Waals surface area (Å²) in [4.78, 5) is 0. The second-order valence-corrected chi connectivity index (χ2v) is 2.64. The number of fused-ring (bicyclic) bond motifs is 1. The van der Waals surface area contributed by atoms with Gasteiger partial charge in [-0.15, -0.1) is 16.8 Å². The minimum absolute atomic E-state index is 0. The molecule has 0 amide bonds. The molecule has 0 aliphatic rings. The van der Waals surface area contributed by atoms with E-state index in [-0.39, 0.29) is 40.0 Å². The van der Waals surface area contributed by atoms with Gasteiger partial charge in [-0.2, -0.15) is 24.3 Å². The number of halogens is 1. The van der Waals surface area contributed by atoms with E-state index in [0.29, 0.717) is 0 Å². The van der Waals surface area contributed by atoms with Crippen LogP contribution in [0, 0.1) is 6.07 Å². The average molecular weight is 261 g/mol. The average Bonchev–Trinajstić information content (AvgIpc) is 2.17. The molecule has 3 heteroatoms. The van der Waals surface area contributed by atoms with Crippen molar-refractivity contribution >= 4 is 33.8 Å². The Bertz CT molecular complexity index is 403. The Labute approximate surface area is 110 Å². The SMILES string of the molecule is COc1ccc2c[c-]ccc2c1.[Br-].[Mg+2]. The first-order valence-corrected chi connectivity index (χ1v) is 3.84. The summed E-state index contributed by atoms with van der Waals surface area (Å²) in [6.07, 6.45) is 0. The molecule has 0 bridgehead atoms. The third-order valence-electron chi connectivity index (χ3n) is 1.89. The van der Waals surface area contributed by atoms with Crippen molar-refractivity contribution in [2.75, 3.05) is 7.11 Å². The summed E-state index contributed by atoms with van der Waals surface area (Å²) in [5.74, 6) is 0.897. The van der Waals surface area contributed by atoms with Crippen LogP contribution in [-0.2, 0) is 0 Å². The van der Waals surface area contributed by atoms with Crippen LogP contribution < -0.4 is 21.7 Å². The summed E-state index contributed by atoms with van der Waals surface area (Å²) in [5, 5.41) is 2.38. The van der Waals surface area contributed by atoms with Gasteiger partial charge in [0.15, 0.2) is 0 Å². The van der Waals surface area contributed by atoms with Crippen molar-refractivity contribution in [1.82, 2.24) is 0 Å². The molecule has 68 valence electrons. The molecule has 14 heavy (non-hydrogen) atoms. The van der Waals surface area contributed by atoms with Crippen molar-refractivity contribution in [3.05, 3.63) is 42.5 Å². The maximum Gasteiger partial charge on any atom is 2.00 e. The summed E-state index contributed by atoms with van der Waals surface area (Å²) in [7, 11) is 1.68. The van der Waals surface area contributed by atoms with E-state index in [1.54, 1.807) is 7.11 Å². The number of methoxy groups -OCH3 is 1. The molecule has 1 nitrogen and oxygen atoms in total. The van der Waals surface area contributed by atoms with E-state index in [1.807, 2.05) is 36.4 Å². The Kier molecular flexibility index (Phi) is 6.16. The van der Waals surface area contributed by atoms with Gasteiger partial charge in [0.25, 0.3) is 0 Å². The van der Waals surface area contributed by atoms with Crippen molar-refractivity contribution in [1.29, 1.82) is 0 Å². The van der Waals surface area contributed by atoms with Crippen LogP contribution >= 0.6 is 0 Å². The molecule has 0 radical (unpaired) electrons. The molecule has 2 rings (SSSR count). The zero-order valence-electron chi connectivity index (χ0n) is 7.96. The van der Waals surface area contributed by atoms with Gasteiger partial charge >= 0.3 is 23.1 Å². The van der Waals surface area contributed by atoms with Crippen LogP contribution in [0.3, 0.4) is 0 Å². The van der Waals surface area contributed by atoms with E-state index in [2.05, 4.69) is 6.07 Å². The predicted molar refractivity (Wildman–Crippen MR) is 55.1 cm³/mol. The topological polar surface area (TPSA) is 9.23 Å². The van der Waals surface area contributed by atoms with E-state index in [0.717, 1.165) is 5.75 Å². The van der Waals surface area contributed by atoms with E-state index in [9.17, 15) is 0 Å². The number of rotatable bonds is 1. The van der Waals surface area contributed by atoms with Gasteiger partial charge in [0.1, 0.15) is 5.75 Å². The van der Waals surface area contributed by atoms with Gasteiger partial charge in [0, 0.05) is 0 Å². The second-order valence-electron chi connectivity index (χ2n) is 2.64. The number of hydrogen-bond donors (Lipinski definition) is 0. The second kappa shape index (κ2) is 6.27. The summed E-state index contributed by atoms with van der Waals surface area (Å²) >= 11 is 0. The molecule has 0 saturated heterocycles. The normalized spacial score (nSPS) is 8.64. The van der Waals surface area contributed by atoms with Crippen molar-refractivity contribution in [3.8, 4) is 5.75 Å². The molecule has 0 aromatic heterocycles. The Balaban J connectivity index is 0.000000845. The molecule has 0 atom stereocenters. The smallest absolute Gasteiger partial charge is 1.00 e.